The third kappa shape index (κ3) is 1.89. The monoisotopic (exact) mass is 257 g/mol. The van der Waals surface area contributed by atoms with E-state index in [0.717, 1.165) is 9.13 Å². The molecule has 4 N–H and O–H groups in total. The minimum absolute atomic E-state index is 0.0167. The van der Waals surface area contributed by atoms with Gasteiger partial charge in [0.15, 0.2) is 6.23 Å². The number of nitrogens with one attached hydrogen (secondary N) is 1. The lowest BCUT2D eigenvalue weighted by molar-refractivity contribution is -0.0555. The highest BCUT2D eigenvalue weighted by Gasteiger charge is 2.43. The Morgan fingerprint density at radius 2 is 2.11 bits per heavy atom. The predicted molar refractivity (Wildman–Crippen MR) is 58.5 cm³/mol. The maximum atomic E-state index is 11.9. The van der Waals surface area contributed by atoms with Gasteiger partial charge in [-0.15, -0.1) is 0 Å². The van der Waals surface area contributed by atoms with E-state index in [1.165, 1.54) is 19.3 Å². The smallest absolute Gasteiger partial charge is 0.331 e. The summed E-state index contributed by atoms with van der Waals surface area (Å²) in [6.07, 6.45) is -3.26. The molecule has 4 atom stereocenters. The maximum absolute atomic E-state index is 11.9. The molecule has 1 aromatic rings. The van der Waals surface area contributed by atoms with Gasteiger partial charge in [-0.2, -0.15) is 0 Å². The van der Waals surface area contributed by atoms with E-state index in [0.29, 0.717) is 0 Å². The second-order valence-corrected chi connectivity index (χ2v) is 4.18. The lowest BCUT2D eigenvalue weighted by Crippen LogP contribution is -2.41. The van der Waals surface area contributed by atoms with Crippen LogP contribution in [0.5, 0.6) is 0 Å². The molecule has 8 nitrogen and oxygen atoms in total. The second-order valence-electron chi connectivity index (χ2n) is 4.18. The third-order valence-corrected chi connectivity index (χ3v) is 3.05. The molecule has 0 aliphatic carbocycles. The van der Waals surface area contributed by atoms with Crippen molar-refractivity contribution in [2.24, 2.45) is 7.05 Å². The fraction of sp³-hybridized carbons (Fsp3) is 0.600. The Labute approximate surface area is 102 Å². The van der Waals surface area contributed by atoms with Gasteiger partial charge in [0.1, 0.15) is 23.8 Å². The molecule has 1 aliphatic rings. The Morgan fingerprint density at radius 3 is 2.67 bits per heavy atom. The molecule has 100 valence electrons. The van der Waals surface area contributed by atoms with Gasteiger partial charge in [-0.3, -0.25) is 14.5 Å². The maximum Gasteiger partial charge on any atom is 0.331 e. The van der Waals surface area contributed by atoms with Crippen LogP contribution < -0.4 is 11.2 Å². The van der Waals surface area contributed by atoms with E-state index in [1.807, 2.05) is 0 Å². The van der Waals surface area contributed by atoms with Crippen molar-refractivity contribution in [3.8, 4) is 0 Å². The molecule has 1 fully saturated rings. The second kappa shape index (κ2) is 4.65. The van der Waals surface area contributed by atoms with Crippen molar-refractivity contribution in [2.45, 2.75) is 24.5 Å². The van der Waals surface area contributed by atoms with Gasteiger partial charge in [0, 0.05) is 13.2 Å². The Morgan fingerprint density at radius 1 is 1.44 bits per heavy atom. The highest BCUT2D eigenvalue weighted by atomic mass is 16.6. The summed E-state index contributed by atoms with van der Waals surface area (Å²) in [4.78, 5) is 11.9. The average molecular weight is 257 g/mol. The predicted octanol–water partition coefficient (Wildman–Crippen LogP) is -2.72. The molecule has 1 aliphatic heterocycles. The Balaban J connectivity index is 2.42. The zero-order chi connectivity index (χ0) is 13.4. The van der Waals surface area contributed by atoms with Gasteiger partial charge in [-0.1, -0.05) is 0 Å². The number of aromatic nitrogens is 2. The molecule has 2 rings (SSSR count). The molecule has 2 heterocycles. The van der Waals surface area contributed by atoms with Crippen LogP contribution in [0.25, 0.3) is 0 Å². The quantitative estimate of drug-likeness (QED) is 0.458. The lowest BCUT2D eigenvalue weighted by atomic mass is 10.1. The summed E-state index contributed by atoms with van der Waals surface area (Å²) >= 11 is 0. The Hall–Kier alpha value is -1.48. The van der Waals surface area contributed by atoms with Crippen molar-refractivity contribution in [1.82, 2.24) is 9.13 Å². The fourth-order valence-corrected chi connectivity index (χ4v) is 1.91. The number of aliphatic hydroxyl groups is 3. The van der Waals surface area contributed by atoms with Gasteiger partial charge in [0.25, 0.3) is 0 Å². The largest absolute Gasteiger partial charge is 0.394 e. The Bertz CT molecular complexity index is 551. The Kier molecular flexibility index (Phi) is 3.35. The molecular weight excluding hydrogens is 242 g/mol. The number of ether oxygens (including phenoxy) is 1. The van der Waals surface area contributed by atoms with Crippen molar-refractivity contribution in [3.63, 3.8) is 0 Å². The van der Waals surface area contributed by atoms with Crippen molar-refractivity contribution >= 4 is 0 Å². The van der Waals surface area contributed by atoms with Gasteiger partial charge in [-0.05, 0) is 6.07 Å². The van der Waals surface area contributed by atoms with E-state index in [2.05, 4.69) is 0 Å². The van der Waals surface area contributed by atoms with Crippen LogP contribution in [0.15, 0.2) is 17.1 Å². The standard InChI is InChI=1S/C10H15N3O5/c1-12-6(11)2-3-13(10(12)17)9-8(16)7(15)5(4-14)18-9/h2-3,5,7-9,11,14-16H,4H2,1H3/t5-,7+,8-,9-/m0/s1. The van der Waals surface area contributed by atoms with Gasteiger partial charge in [-0.25, -0.2) is 4.79 Å². The minimum Gasteiger partial charge on any atom is -0.394 e. The van der Waals surface area contributed by atoms with Gasteiger partial charge < -0.3 is 20.1 Å². The normalized spacial score (nSPS) is 31.8. The molecule has 0 bridgehead atoms. The SMILES string of the molecule is Cn1c(=N)ccn([C@H]2O[C@@H](CO)[C@@H](O)[C@@H]2O)c1=O. The first-order valence-corrected chi connectivity index (χ1v) is 5.42. The summed E-state index contributed by atoms with van der Waals surface area (Å²) < 4.78 is 7.40. The van der Waals surface area contributed by atoms with Gasteiger partial charge in [0.05, 0.1) is 6.61 Å². The molecule has 1 aromatic heterocycles. The molecule has 18 heavy (non-hydrogen) atoms. The minimum atomic E-state index is -1.31. The van der Waals surface area contributed by atoms with E-state index in [1.54, 1.807) is 0 Å². The van der Waals surface area contributed by atoms with E-state index < -0.39 is 36.8 Å². The van der Waals surface area contributed by atoms with E-state index in [4.69, 9.17) is 15.3 Å². The first-order valence-electron chi connectivity index (χ1n) is 5.42. The first kappa shape index (κ1) is 13.0. The molecular formula is C10H15N3O5. The van der Waals surface area contributed by atoms with E-state index >= 15 is 0 Å². The number of aliphatic hydroxyl groups excluding tert-OH is 3. The summed E-state index contributed by atoms with van der Waals surface area (Å²) in [6.45, 7) is -0.452. The summed E-state index contributed by atoms with van der Waals surface area (Å²) in [6, 6.07) is 1.37. The zero-order valence-corrected chi connectivity index (χ0v) is 9.72. The highest BCUT2D eigenvalue weighted by molar-refractivity contribution is 4.93. The first-order chi connectivity index (χ1) is 8.47. The highest BCUT2D eigenvalue weighted by Crippen LogP contribution is 2.27. The number of rotatable bonds is 2. The number of hydrogen-bond donors (Lipinski definition) is 4. The van der Waals surface area contributed by atoms with Crippen LogP contribution in [0, 0.1) is 5.41 Å². The van der Waals surface area contributed by atoms with Crippen LogP contribution in [0.3, 0.4) is 0 Å². The summed E-state index contributed by atoms with van der Waals surface area (Å²) in [5, 5.41) is 35.8. The summed E-state index contributed by atoms with van der Waals surface area (Å²) in [5.41, 5.74) is -0.527. The van der Waals surface area contributed by atoms with Crippen LogP contribution in [-0.4, -0.2) is 49.4 Å². The van der Waals surface area contributed by atoms with Crippen molar-refractivity contribution in [3.05, 3.63) is 28.2 Å². The van der Waals surface area contributed by atoms with Crippen LogP contribution in [0.4, 0.5) is 0 Å². The molecule has 8 heteroatoms. The van der Waals surface area contributed by atoms with Crippen LogP contribution >= 0.6 is 0 Å². The van der Waals surface area contributed by atoms with Crippen molar-refractivity contribution in [1.29, 1.82) is 5.41 Å². The molecule has 0 spiro atoms. The van der Waals surface area contributed by atoms with Gasteiger partial charge in [0.2, 0.25) is 0 Å². The number of nitrogens with zero attached hydrogens (tertiary/aromatic N) is 2. The topological polar surface area (TPSA) is 121 Å². The number of hydrogen-bond acceptors (Lipinski definition) is 6. The molecule has 0 saturated carbocycles. The molecule has 1 saturated heterocycles. The fourth-order valence-electron chi connectivity index (χ4n) is 1.91. The van der Waals surface area contributed by atoms with Crippen LogP contribution in [0.2, 0.25) is 0 Å². The lowest BCUT2D eigenvalue weighted by Gasteiger charge is -2.18. The molecule has 0 aromatic carbocycles. The average Bonchev–Trinajstić information content (AvgIpc) is 2.64. The van der Waals surface area contributed by atoms with Crippen molar-refractivity contribution in [2.75, 3.05) is 6.61 Å². The van der Waals surface area contributed by atoms with E-state index in [-0.39, 0.29) is 5.49 Å². The van der Waals surface area contributed by atoms with Crippen LogP contribution in [-0.2, 0) is 11.8 Å². The summed E-state index contributed by atoms with van der Waals surface area (Å²) in [7, 11) is 1.42. The molecule has 0 amide bonds. The summed E-state index contributed by atoms with van der Waals surface area (Å²) in [5.74, 6) is 0. The third-order valence-electron chi connectivity index (χ3n) is 3.05. The van der Waals surface area contributed by atoms with Crippen molar-refractivity contribution < 1.29 is 20.1 Å². The zero-order valence-electron chi connectivity index (χ0n) is 9.72. The van der Waals surface area contributed by atoms with E-state index in [9.17, 15) is 15.0 Å². The van der Waals surface area contributed by atoms with Gasteiger partial charge >= 0.3 is 5.69 Å². The van der Waals surface area contributed by atoms with Crippen LogP contribution in [0.1, 0.15) is 6.23 Å². The molecule has 0 radical (unpaired) electrons. The molecule has 0 unspecified atom stereocenters.